The van der Waals surface area contributed by atoms with Crippen LogP contribution in [0, 0.1) is 0 Å². The minimum atomic E-state index is 0.947. The second-order valence-electron chi connectivity index (χ2n) is 8.70. The summed E-state index contributed by atoms with van der Waals surface area (Å²) >= 11 is 0. The molecule has 4 heterocycles. The number of hydrogen-bond donors (Lipinski definition) is 0. The van der Waals surface area contributed by atoms with Crippen LogP contribution in [-0.2, 0) is 0 Å². The number of nitrogens with zero attached hydrogens (tertiary/aromatic N) is 4. The predicted octanol–water partition coefficient (Wildman–Crippen LogP) is 7.29. The van der Waals surface area contributed by atoms with Gasteiger partial charge < -0.3 is 4.57 Å². The van der Waals surface area contributed by atoms with E-state index in [1.165, 1.54) is 21.8 Å². The number of para-hydroxylation sites is 4. The van der Waals surface area contributed by atoms with Crippen molar-refractivity contribution in [1.82, 2.24) is 18.9 Å². The van der Waals surface area contributed by atoms with Crippen molar-refractivity contribution in [3.05, 3.63) is 109 Å². The Hall–Kier alpha value is -4.70. The first-order valence-corrected chi connectivity index (χ1v) is 11.5. The summed E-state index contributed by atoms with van der Waals surface area (Å²) in [5.74, 6) is 0. The van der Waals surface area contributed by atoms with Crippen LogP contribution in [0.5, 0.6) is 0 Å². The highest BCUT2D eigenvalue weighted by atomic mass is 15.0. The number of rotatable bonds is 1. The molecule has 4 aromatic carbocycles. The van der Waals surface area contributed by atoms with Gasteiger partial charge in [-0.2, -0.15) is 0 Å². The molecule has 8 aromatic rings. The van der Waals surface area contributed by atoms with Crippen molar-refractivity contribution in [3.63, 3.8) is 0 Å². The molecule has 0 bridgehead atoms. The first-order valence-electron chi connectivity index (χ1n) is 11.5. The smallest absolute Gasteiger partial charge is 0.147 e. The zero-order chi connectivity index (χ0) is 22.2. The standard InChI is InChI=1S/C30H18N4/c1-2-9-19(10-3-1)33-23-14-6-4-11-20(23)27-25(33)16-17-26-28(27)29-21(12-8-18-31-29)30-32-22-13-5-7-15-24(22)34(26)30/h1-18H. The third-order valence-electron chi connectivity index (χ3n) is 6.92. The minimum Gasteiger partial charge on any atom is -0.309 e. The molecule has 0 N–H and O–H groups in total. The number of fused-ring (bicyclic) bond motifs is 12. The third kappa shape index (κ3) is 2.17. The van der Waals surface area contributed by atoms with E-state index in [4.69, 9.17) is 9.97 Å². The second kappa shape index (κ2) is 6.42. The van der Waals surface area contributed by atoms with Gasteiger partial charge in [0.15, 0.2) is 0 Å². The van der Waals surface area contributed by atoms with Gasteiger partial charge in [-0.25, -0.2) is 4.98 Å². The molecule has 0 saturated carbocycles. The Balaban J connectivity index is 1.72. The number of aromatic nitrogens is 4. The number of pyridine rings is 2. The quantitative estimate of drug-likeness (QED) is 0.254. The Morgan fingerprint density at radius 3 is 2.18 bits per heavy atom. The molecule has 0 aliphatic carbocycles. The van der Waals surface area contributed by atoms with Gasteiger partial charge in [-0.05, 0) is 54.6 Å². The van der Waals surface area contributed by atoms with Crippen LogP contribution >= 0.6 is 0 Å². The van der Waals surface area contributed by atoms with Crippen molar-refractivity contribution in [2.75, 3.05) is 0 Å². The van der Waals surface area contributed by atoms with Gasteiger partial charge in [-0.1, -0.05) is 48.5 Å². The van der Waals surface area contributed by atoms with E-state index in [0.717, 1.165) is 44.2 Å². The zero-order valence-electron chi connectivity index (χ0n) is 18.2. The van der Waals surface area contributed by atoms with E-state index >= 15 is 0 Å². The van der Waals surface area contributed by atoms with Gasteiger partial charge >= 0.3 is 0 Å². The SMILES string of the molecule is c1ccc(-n2c3ccccc3c3c4c5ncccc5c5nc6ccccc6n5c4ccc32)cc1. The molecule has 4 heteroatoms. The lowest BCUT2D eigenvalue weighted by Gasteiger charge is -2.11. The van der Waals surface area contributed by atoms with Crippen molar-refractivity contribution in [2.24, 2.45) is 0 Å². The van der Waals surface area contributed by atoms with Crippen LogP contribution in [0.25, 0.3) is 66.0 Å². The van der Waals surface area contributed by atoms with Crippen molar-refractivity contribution >= 4 is 60.3 Å². The van der Waals surface area contributed by atoms with Crippen LogP contribution in [0.2, 0.25) is 0 Å². The van der Waals surface area contributed by atoms with Gasteiger partial charge in [0.25, 0.3) is 0 Å². The topological polar surface area (TPSA) is 35.1 Å². The Labute approximate surface area is 194 Å². The van der Waals surface area contributed by atoms with E-state index in [1.807, 2.05) is 18.3 Å². The van der Waals surface area contributed by atoms with Crippen LogP contribution < -0.4 is 0 Å². The largest absolute Gasteiger partial charge is 0.309 e. The van der Waals surface area contributed by atoms with Gasteiger partial charge in [0.2, 0.25) is 0 Å². The molecular weight excluding hydrogens is 416 g/mol. The van der Waals surface area contributed by atoms with E-state index in [1.54, 1.807) is 0 Å². The maximum atomic E-state index is 5.01. The first kappa shape index (κ1) is 17.8. The summed E-state index contributed by atoms with van der Waals surface area (Å²) in [6, 6.07) is 36.2. The fourth-order valence-corrected chi connectivity index (χ4v) is 5.57. The van der Waals surface area contributed by atoms with Crippen LogP contribution in [0.1, 0.15) is 0 Å². The van der Waals surface area contributed by atoms with E-state index in [2.05, 4.69) is 100.0 Å². The maximum Gasteiger partial charge on any atom is 0.147 e. The Kier molecular flexibility index (Phi) is 3.36. The normalized spacial score (nSPS) is 12.1. The Morgan fingerprint density at radius 2 is 1.26 bits per heavy atom. The average molecular weight is 435 g/mol. The zero-order valence-corrected chi connectivity index (χ0v) is 18.2. The summed E-state index contributed by atoms with van der Waals surface area (Å²) in [4.78, 5) is 9.91. The molecular formula is C30H18N4. The summed E-state index contributed by atoms with van der Waals surface area (Å²) in [6.07, 6.45) is 1.89. The molecule has 34 heavy (non-hydrogen) atoms. The van der Waals surface area contributed by atoms with Gasteiger partial charge in [-0.15, -0.1) is 0 Å². The fourth-order valence-electron chi connectivity index (χ4n) is 5.57. The fraction of sp³-hybridized carbons (Fsp3) is 0. The predicted molar refractivity (Wildman–Crippen MR) is 140 cm³/mol. The minimum absolute atomic E-state index is 0.947. The third-order valence-corrected chi connectivity index (χ3v) is 6.92. The summed E-state index contributed by atoms with van der Waals surface area (Å²) in [6.45, 7) is 0. The lowest BCUT2D eigenvalue weighted by molar-refractivity contribution is 1.18. The maximum absolute atomic E-state index is 5.01. The second-order valence-corrected chi connectivity index (χ2v) is 8.70. The summed E-state index contributed by atoms with van der Waals surface area (Å²) in [5, 5.41) is 4.67. The number of imidazole rings is 1. The molecule has 0 atom stereocenters. The highest BCUT2D eigenvalue weighted by molar-refractivity contribution is 6.28. The van der Waals surface area contributed by atoms with E-state index < -0.39 is 0 Å². The van der Waals surface area contributed by atoms with E-state index in [0.29, 0.717) is 0 Å². The van der Waals surface area contributed by atoms with Gasteiger partial charge in [0.1, 0.15) is 5.65 Å². The molecule has 0 aliphatic heterocycles. The van der Waals surface area contributed by atoms with Gasteiger partial charge in [-0.3, -0.25) is 9.38 Å². The molecule has 0 saturated heterocycles. The molecule has 4 aromatic heterocycles. The Morgan fingerprint density at radius 1 is 0.529 bits per heavy atom. The van der Waals surface area contributed by atoms with Gasteiger partial charge in [0.05, 0.1) is 33.1 Å². The van der Waals surface area contributed by atoms with Crippen molar-refractivity contribution in [2.45, 2.75) is 0 Å². The average Bonchev–Trinajstić information content (AvgIpc) is 3.46. The van der Waals surface area contributed by atoms with Gasteiger partial charge in [0, 0.05) is 33.4 Å². The first-order chi connectivity index (χ1) is 16.9. The highest BCUT2D eigenvalue weighted by Crippen LogP contribution is 2.40. The van der Waals surface area contributed by atoms with Crippen molar-refractivity contribution in [1.29, 1.82) is 0 Å². The molecule has 0 spiro atoms. The van der Waals surface area contributed by atoms with Crippen LogP contribution in [0.15, 0.2) is 109 Å². The monoisotopic (exact) mass is 434 g/mol. The highest BCUT2D eigenvalue weighted by Gasteiger charge is 2.20. The van der Waals surface area contributed by atoms with Crippen molar-refractivity contribution in [3.8, 4) is 5.69 Å². The molecule has 8 rings (SSSR count). The molecule has 4 nitrogen and oxygen atoms in total. The lowest BCUT2D eigenvalue weighted by atomic mass is 10.0. The molecule has 0 aliphatic rings. The van der Waals surface area contributed by atoms with Crippen LogP contribution in [-0.4, -0.2) is 18.9 Å². The van der Waals surface area contributed by atoms with Crippen LogP contribution in [0.3, 0.4) is 0 Å². The van der Waals surface area contributed by atoms with Crippen molar-refractivity contribution < 1.29 is 0 Å². The number of benzene rings is 4. The molecule has 0 amide bonds. The summed E-state index contributed by atoms with van der Waals surface area (Å²) < 4.78 is 4.65. The molecule has 0 fully saturated rings. The Bertz CT molecular complexity index is 2060. The summed E-state index contributed by atoms with van der Waals surface area (Å²) in [5.41, 5.74) is 8.68. The van der Waals surface area contributed by atoms with E-state index in [9.17, 15) is 0 Å². The molecule has 0 radical (unpaired) electrons. The lowest BCUT2D eigenvalue weighted by Crippen LogP contribution is -1.95. The molecule has 158 valence electrons. The van der Waals surface area contributed by atoms with Crippen LogP contribution in [0.4, 0.5) is 0 Å². The number of hydrogen-bond acceptors (Lipinski definition) is 2. The summed E-state index contributed by atoms with van der Waals surface area (Å²) in [7, 11) is 0. The van der Waals surface area contributed by atoms with E-state index in [-0.39, 0.29) is 0 Å². The molecule has 0 unspecified atom stereocenters.